The van der Waals surface area contributed by atoms with Gasteiger partial charge in [0.25, 0.3) is 0 Å². The van der Waals surface area contributed by atoms with Crippen LogP contribution in [0.4, 0.5) is 0 Å². The van der Waals surface area contributed by atoms with E-state index in [0.29, 0.717) is 17.9 Å². The first-order valence-corrected chi connectivity index (χ1v) is 8.20. The van der Waals surface area contributed by atoms with Crippen LogP contribution in [0.5, 0.6) is 0 Å². The number of nitrogens with zero attached hydrogens (tertiary/aromatic N) is 2. The summed E-state index contributed by atoms with van der Waals surface area (Å²) in [5.74, 6) is 1.91. The number of terminal acetylenes is 1. The Morgan fingerprint density at radius 1 is 1.21 bits per heavy atom. The molecule has 1 saturated carbocycles. The van der Waals surface area contributed by atoms with Crippen LogP contribution in [-0.4, -0.2) is 21.0 Å². The predicted molar refractivity (Wildman–Crippen MR) is 93.4 cm³/mol. The maximum atomic E-state index is 11.5. The number of carbonyl (C=O) groups is 1. The molecule has 0 amide bonds. The molecule has 24 heavy (non-hydrogen) atoms. The molecule has 0 saturated heterocycles. The molecular formula is C20H22N2O2. The summed E-state index contributed by atoms with van der Waals surface area (Å²) < 4.78 is 0. The Morgan fingerprint density at radius 3 is 2.38 bits per heavy atom. The van der Waals surface area contributed by atoms with Crippen LogP contribution in [-0.2, 0) is 4.79 Å². The van der Waals surface area contributed by atoms with Gasteiger partial charge < -0.3 is 5.11 Å². The fourth-order valence-corrected chi connectivity index (χ4v) is 3.13. The first kappa shape index (κ1) is 17.7. The first-order valence-electron chi connectivity index (χ1n) is 8.20. The third-order valence-electron chi connectivity index (χ3n) is 4.31. The molecule has 1 atom stereocenters. The van der Waals surface area contributed by atoms with Crippen molar-refractivity contribution >= 4 is 5.97 Å². The normalized spacial score (nSPS) is 15.0. The lowest BCUT2D eigenvalue weighted by Crippen LogP contribution is -2.16. The van der Waals surface area contributed by atoms with Gasteiger partial charge in [-0.2, -0.15) is 0 Å². The second kappa shape index (κ2) is 9.46. The van der Waals surface area contributed by atoms with E-state index in [-0.39, 0.29) is 0 Å². The summed E-state index contributed by atoms with van der Waals surface area (Å²) in [5, 5.41) is 9.44. The smallest absolute Gasteiger partial charge is 0.311 e. The van der Waals surface area contributed by atoms with E-state index in [1.54, 1.807) is 18.5 Å². The lowest BCUT2D eigenvalue weighted by Gasteiger charge is -2.18. The van der Waals surface area contributed by atoms with Crippen LogP contribution >= 0.6 is 0 Å². The summed E-state index contributed by atoms with van der Waals surface area (Å²) in [7, 11) is 0. The molecule has 1 aliphatic carbocycles. The van der Waals surface area contributed by atoms with Gasteiger partial charge in [-0.05, 0) is 30.0 Å². The van der Waals surface area contributed by atoms with Crippen molar-refractivity contribution < 1.29 is 9.90 Å². The number of aliphatic carboxylic acids is 1. The first-order chi connectivity index (χ1) is 11.7. The highest BCUT2D eigenvalue weighted by Crippen LogP contribution is 2.35. The summed E-state index contributed by atoms with van der Waals surface area (Å²) in [6.45, 7) is 0. The Balaban J connectivity index is 0.000000292. The number of carboxylic acid groups (broad SMARTS) is 1. The summed E-state index contributed by atoms with van der Waals surface area (Å²) >= 11 is 0. The SMILES string of the molecule is C#Cc1ccccc1C(CC1CCCC1)C(=O)O.c1cncnc1. The highest BCUT2D eigenvalue weighted by molar-refractivity contribution is 5.77. The molecule has 1 N–H and O–H groups in total. The van der Waals surface area contributed by atoms with Crippen molar-refractivity contribution in [3.63, 3.8) is 0 Å². The van der Waals surface area contributed by atoms with E-state index in [4.69, 9.17) is 6.42 Å². The van der Waals surface area contributed by atoms with Gasteiger partial charge in [0.1, 0.15) is 6.33 Å². The zero-order valence-corrected chi connectivity index (χ0v) is 13.6. The molecule has 0 spiro atoms. The van der Waals surface area contributed by atoms with Gasteiger partial charge in [-0.1, -0.05) is 49.8 Å². The Bertz CT molecular complexity index is 647. The molecule has 4 nitrogen and oxygen atoms in total. The molecule has 1 aromatic carbocycles. The quantitative estimate of drug-likeness (QED) is 0.867. The van der Waals surface area contributed by atoms with Crippen molar-refractivity contribution in [2.75, 3.05) is 0 Å². The fraction of sp³-hybridized carbons (Fsp3) is 0.350. The van der Waals surface area contributed by atoms with Gasteiger partial charge in [-0.25, -0.2) is 9.97 Å². The maximum absolute atomic E-state index is 11.5. The van der Waals surface area contributed by atoms with Crippen LogP contribution in [0, 0.1) is 18.3 Å². The predicted octanol–water partition coefficient (Wildman–Crippen LogP) is 3.89. The van der Waals surface area contributed by atoms with E-state index < -0.39 is 11.9 Å². The van der Waals surface area contributed by atoms with E-state index in [0.717, 1.165) is 18.4 Å². The summed E-state index contributed by atoms with van der Waals surface area (Å²) in [5.41, 5.74) is 1.50. The third-order valence-corrected chi connectivity index (χ3v) is 4.31. The van der Waals surface area contributed by atoms with Gasteiger partial charge in [0.2, 0.25) is 0 Å². The zero-order chi connectivity index (χ0) is 17.2. The Labute approximate surface area is 143 Å². The van der Waals surface area contributed by atoms with E-state index in [9.17, 15) is 9.90 Å². The van der Waals surface area contributed by atoms with Crippen LogP contribution in [0.15, 0.2) is 49.1 Å². The van der Waals surface area contributed by atoms with Gasteiger partial charge in [-0.3, -0.25) is 4.79 Å². The minimum atomic E-state index is -0.760. The second-order valence-corrected chi connectivity index (χ2v) is 5.91. The molecule has 1 unspecified atom stereocenters. The van der Waals surface area contributed by atoms with Crippen LogP contribution in [0.25, 0.3) is 0 Å². The molecule has 1 fully saturated rings. The monoisotopic (exact) mass is 322 g/mol. The lowest BCUT2D eigenvalue weighted by molar-refractivity contribution is -0.139. The molecule has 0 radical (unpaired) electrons. The zero-order valence-electron chi connectivity index (χ0n) is 13.6. The van der Waals surface area contributed by atoms with Gasteiger partial charge >= 0.3 is 5.97 Å². The molecular weight excluding hydrogens is 300 g/mol. The number of rotatable bonds is 4. The second-order valence-electron chi connectivity index (χ2n) is 5.91. The van der Waals surface area contributed by atoms with Gasteiger partial charge in [0.05, 0.1) is 5.92 Å². The summed E-state index contributed by atoms with van der Waals surface area (Å²) in [4.78, 5) is 18.8. The number of carboxylic acids is 1. The highest BCUT2D eigenvalue weighted by atomic mass is 16.4. The van der Waals surface area contributed by atoms with E-state index in [1.165, 1.54) is 19.2 Å². The van der Waals surface area contributed by atoms with Crippen molar-refractivity contribution in [3.05, 3.63) is 60.2 Å². The standard InChI is InChI=1S/C16H18O2.C4H4N2/c1-2-13-9-5-6-10-14(13)15(16(17)18)11-12-7-3-4-8-12;1-2-5-4-6-3-1/h1,5-6,9-10,12,15H,3-4,7-8,11H2,(H,17,18);1-4H. The van der Waals surface area contributed by atoms with Crippen molar-refractivity contribution in [2.24, 2.45) is 5.92 Å². The molecule has 0 aliphatic heterocycles. The number of hydrogen-bond acceptors (Lipinski definition) is 3. The minimum Gasteiger partial charge on any atom is -0.481 e. The number of aromatic nitrogens is 2. The molecule has 3 rings (SSSR count). The summed E-state index contributed by atoms with van der Waals surface area (Å²) in [6, 6.07) is 9.16. The maximum Gasteiger partial charge on any atom is 0.311 e. The number of hydrogen-bond donors (Lipinski definition) is 1. The van der Waals surface area contributed by atoms with Gasteiger partial charge in [0.15, 0.2) is 0 Å². The molecule has 2 aromatic rings. The highest BCUT2D eigenvalue weighted by Gasteiger charge is 2.27. The van der Waals surface area contributed by atoms with Crippen LogP contribution in [0.3, 0.4) is 0 Å². The van der Waals surface area contributed by atoms with Crippen molar-refractivity contribution in [1.29, 1.82) is 0 Å². The van der Waals surface area contributed by atoms with Gasteiger partial charge in [-0.15, -0.1) is 6.42 Å². The molecule has 1 aromatic heterocycles. The van der Waals surface area contributed by atoms with E-state index in [2.05, 4.69) is 15.9 Å². The van der Waals surface area contributed by atoms with Crippen LogP contribution < -0.4 is 0 Å². The average Bonchev–Trinajstić information content (AvgIpc) is 3.15. The Hall–Kier alpha value is -2.67. The van der Waals surface area contributed by atoms with Gasteiger partial charge in [0, 0.05) is 18.0 Å². The van der Waals surface area contributed by atoms with Crippen LogP contribution in [0.2, 0.25) is 0 Å². The van der Waals surface area contributed by atoms with E-state index in [1.807, 2.05) is 24.3 Å². The molecule has 124 valence electrons. The molecule has 4 heteroatoms. The van der Waals surface area contributed by atoms with Crippen LogP contribution in [0.1, 0.15) is 49.1 Å². The third kappa shape index (κ3) is 5.20. The molecule has 1 heterocycles. The number of benzene rings is 1. The lowest BCUT2D eigenvalue weighted by atomic mass is 9.86. The van der Waals surface area contributed by atoms with E-state index >= 15 is 0 Å². The van der Waals surface area contributed by atoms with Crippen molar-refractivity contribution in [3.8, 4) is 12.3 Å². The van der Waals surface area contributed by atoms with Crippen molar-refractivity contribution in [1.82, 2.24) is 9.97 Å². The fourth-order valence-electron chi connectivity index (χ4n) is 3.13. The molecule has 1 aliphatic rings. The summed E-state index contributed by atoms with van der Waals surface area (Å²) in [6.07, 6.45) is 15.8. The average molecular weight is 322 g/mol. The topological polar surface area (TPSA) is 63.1 Å². The van der Waals surface area contributed by atoms with Crippen molar-refractivity contribution in [2.45, 2.75) is 38.0 Å². The molecule has 0 bridgehead atoms. The Kier molecular flexibility index (Phi) is 6.97. The Morgan fingerprint density at radius 2 is 1.88 bits per heavy atom. The largest absolute Gasteiger partial charge is 0.481 e. The minimum absolute atomic E-state index is 0.458.